The Kier molecular flexibility index (Phi) is 3.78. The van der Waals surface area contributed by atoms with E-state index in [-0.39, 0.29) is 0 Å². The van der Waals surface area contributed by atoms with E-state index < -0.39 is 0 Å². The molecule has 0 bridgehead atoms. The van der Waals surface area contributed by atoms with E-state index in [1.165, 1.54) is 23.3 Å². The van der Waals surface area contributed by atoms with E-state index in [4.69, 9.17) is 4.74 Å². The van der Waals surface area contributed by atoms with Crippen molar-refractivity contribution in [2.75, 3.05) is 13.2 Å². The minimum Gasteiger partial charge on any atom is -0.378 e. The summed E-state index contributed by atoms with van der Waals surface area (Å²) in [6.45, 7) is 6.10. The molecule has 2 heterocycles. The van der Waals surface area contributed by atoms with Crippen LogP contribution < -0.4 is 5.32 Å². The predicted molar refractivity (Wildman–Crippen MR) is 64.6 cm³/mol. The van der Waals surface area contributed by atoms with Crippen molar-refractivity contribution >= 4 is 11.3 Å². The van der Waals surface area contributed by atoms with E-state index in [0.29, 0.717) is 12.1 Å². The van der Waals surface area contributed by atoms with Crippen LogP contribution in [0.15, 0.2) is 11.4 Å². The average molecular weight is 225 g/mol. The smallest absolute Gasteiger partial charge is 0.0620 e. The summed E-state index contributed by atoms with van der Waals surface area (Å²) in [7, 11) is 0. The van der Waals surface area contributed by atoms with Crippen LogP contribution in [0.5, 0.6) is 0 Å². The van der Waals surface area contributed by atoms with E-state index in [0.717, 1.165) is 13.2 Å². The molecule has 2 unspecified atom stereocenters. The maximum absolute atomic E-state index is 5.54. The largest absolute Gasteiger partial charge is 0.378 e. The molecule has 0 aliphatic carbocycles. The first kappa shape index (κ1) is 11.1. The monoisotopic (exact) mass is 225 g/mol. The summed E-state index contributed by atoms with van der Waals surface area (Å²) in [5, 5.41) is 5.76. The Bertz CT molecular complexity index is 310. The number of aryl methyl sites for hydroxylation is 2. The van der Waals surface area contributed by atoms with Crippen LogP contribution in [0.25, 0.3) is 0 Å². The second kappa shape index (κ2) is 5.10. The lowest BCUT2D eigenvalue weighted by molar-refractivity contribution is 0.0483. The van der Waals surface area contributed by atoms with Gasteiger partial charge in [0.25, 0.3) is 0 Å². The summed E-state index contributed by atoms with van der Waals surface area (Å²) < 4.78 is 5.54. The first-order valence-electron chi connectivity index (χ1n) is 5.62. The second-order valence-corrected chi connectivity index (χ2v) is 5.37. The number of nitrogens with one attached hydrogen (secondary N) is 1. The molecule has 0 saturated carbocycles. The van der Waals surface area contributed by atoms with E-state index in [1.54, 1.807) is 0 Å². The molecular weight excluding hydrogens is 206 g/mol. The fourth-order valence-electron chi connectivity index (χ4n) is 2.02. The van der Waals surface area contributed by atoms with E-state index in [9.17, 15) is 0 Å². The van der Waals surface area contributed by atoms with Crippen molar-refractivity contribution in [2.45, 2.75) is 38.8 Å². The topological polar surface area (TPSA) is 21.3 Å². The maximum Gasteiger partial charge on any atom is 0.0620 e. The minimum absolute atomic E-state index is 0.508. The molecule has 1 aliphatic heterocycles. The van der Waals surface area contributed by atoms with Crippen molar-refractivity contribution < 1.29 is 4.74 Å². The Balaban J connectivity index is 1.80. The first-order valence-corrected chi connectivity index (χ1v) is 6.50. The molecule has 3 heteroatoms. The van der Waals surface area contributed by atoms with Gasteiger partial charge in [0.05, 0.1) is 13.2 Å². The van der Waals surface area contributed by atoms with Crippen molar-refractivity contribution in [3.05, 3.63) is 21.9 Å². The van der Waals surface area contributed by atoms with Crippen molar-refractivity contribution in [3.8, 4) is 0 Å². The quantitative estimate of drug-likeness (QED) is 0.852. The number of morpholine rings is 1. The Morgan fingerprint density at radius 1 is 1.53 bits per heavy atom. The molecule has 0 aromatic carbocycles. The van der Waals surface area contributed by atoms with Crippen molar-refractivity contribution in [2.24, 2.45) is 0 Å². The highest BCUT2D eigenvalue weighted by molar-refractivity contribution is 7.10. The highest BCUT2D eigenvalue weighted by atomic mass is 32.1. The Hall–Kier alpha value is -0.380. The van der Waals surface area contributed by atoms with Gasteiger partial charge in [-0.25, -0.2) is 0 Å². The zero-order valence-electron chi connectivity index (χ0n) is 9.45. The van der Waals surface area contributed by atoms with Gasteiger partial charge in [0.2, 0.25) is 0 Å². The predicted octanol–water partition coefficient (Wildman–Crippen LogP) is 2.37. The summed E-state index contributed by atoms with van der Waals surface area (Å²) in [4.78, 5) is 1.52. The molecule has 1 aliphatic rings. The van der Waals surface area contributed by atoms with E-state index in [2.05, 4.69) is 30.6 Å². The van der Waals surface area contributed by atoms with Crippen molar-refractivity contribution in [1.82, 2.24) is 5.32 Å². The maximum atomic E-state index is 5.54. The molecule has 0 radical (unpaired) electrons. The molecule has 1 aromatic heterocycles. The van der Waals surface area contributed by atoms with Gasteiger partial charge >= 0.3 is 0 Å². The summed E-state index contributed by atoms with van der Waals surface area (Å²) in [5.74, 6) is 0. The van der Waals surface area contributed by atoms with Gasteiger partial charge in [-0.15, -0.1) is 11.3 Å². The number of rotatable bonds is 3. The molecule has 0 amide bonds. The van der Waals surface area contributed by atoms with Crippen molar-refractivity contribution in [3.63, 3.8) is 0 Å². The number of ether oxygens (including phenoxy) is 1. The normalized spacial score (nSPS) is 26.8. The zero-order valence-corrected chi connectivity index (χ0v) is 10.3. The van der Waals surface area contributed by atoms with Crippen LogP contribution in [0.3, 0.4) is 0 Å². The minimum atomic E-state index is 0.508. The van der Waals surface area contributed by atoms with E-state index >= 15 is 0 Å². The summed E-state index contributed by atoms with van der Waals surface area (Å²) >= 11 is 1.87. The fourth-order valence-corrected chi connectivity index (χ4v) is 2.94. The summed E-state index contributed by atoms with van der Waals surface area (Å²) in [6.07, 6.45) is 2.36. The molecule has 1 saturated heterocycles. The lowest BCUT2D eigenvalue weighted by Crippen LogP contribution is -2.47. The second-order valence-electron chi connectivity index (χ2n) is 4.37. The van der Waals surface area contributed by atoms with Gasteiger partial charge in [0.15, 0.2) is 0 Å². The van der Waals surface area contributed by atoms with Crippen molar-refractivity contribution in [1.29, 1.82) is 0 Å². The molecule has 0 spiro atoms. The van der Waals surface area contributed by atoms with E-state index in [1.807, 2.05) is 11.3 Å². The molecule has 2 nitrogen and oxygen atoms in total. The summed E-state index contributed by atoms with van der Waals surface area (Å²) in [6, 6.07) is 3.25. The molecule has 2 atom stereocenters. The first-order chi connectivity index (χ1) is 7.25. The fraction of sp³-hybridized carbons (Fsp3) is 0.667. The Labute approximate surface area is 95.6 Å². The Morgan fingerprint density at radius 2 is 2.40 bits per heavy atom. The Morgan fingerprint density at radius 3 is 3.07 bits per heavy atom. The lowest BCUT2D eigenvalue weighted by Gasteiger charge is -2.28. The summed E-state index contributed by atoms with van der Waals surface area (Å²) in [5.41, 5.74) is 1.43. The van der Waals surface area contributed by atoms with Gasteiger partial charge in [-0.05, 0) is 43.7 Å². The van der Waals surface area contributed by atoms with Crippen LogP contribution in [-0.2, 0) is 11.2 Å². The van der Waals surface area contributed by atoms with Crippen LogP contribution in [-0.4, -0.2) is 25.3 Å². The van der Waals surface area contributed by atoms with Crippen LogP contribution in [0, 0.1) is 6.92 Å². The SMILES string of the molecule is Cc1ccsc1CCC1COCC(C)N1. The standard InChI is InChI=1S/C12H19NOS/c1-9-5-6-15-12(9)4-3-11-8-14-7-10(2)13-11/h5-6,10-11,13H,3-4,7-8H2,1-2H3. The lowest BCUT2D eigenvalue weighted by atomic mass is 10.1. The van der Waals surface area contributed by atoms with Gasteiger partial charge < -0.3 is 10.1 Å². The van der Waals surface area contributed by atoms with Crippen LogP contribution in [0.1, 0.15) is 23.8 Å². The number of thiophene rings is 1. The number of hydrogen-bond acceptors (Lipinski definition) is 3. The average Bonchev–Trinajstić information content (AvgIpc) is 2.61. The van der Waals surface area contributed by atoms with Crippen LogP contribution >= 0.6 is 11.3 Å². The third kappa shape index (κ3) is 3.03. The van der Waals surface area contributed by atoms with Gasteiger partial charge in [-0.3, -0.25) is 0 Å². The molecule has 15 heavy (non-hydrogen) atoms. The van der Waals surface area contributed by atoms with Gasteiger partial charge in [0, 0.05) is 17.0 Å². The van der Waals surface area contributed by atoms with Gasteiger partial charge in [0.1, 0.15) is 0 Å². The molecule has 1 fully saturated rings. The van der Waals surface area contributed by atoms with Crippen LogP contribution in [0.4, 0.5) is 0 Å². The molecular formula is C12H19NOS. The highest BCUT2D eigenvalue weighted by Crippen LogP contribution is 2.18. The van der Waals surface area contributed by atoms with Gasteiger partial charge in [-0.1, -0.05) is 0 Å². The number of hydrogen-bond donors (Lipinski definition) is 1. The third-order valence-corrected chi connectivity index (χ3v) is 3.98. The molecule has 84 valence electrons. The molecule has 1 N–H and O–H groups in total. The third-order valence-electron chi connectivity index (χ3n) is 2.90. The van der Waals surface area contributed by atoms with Gasteiger partial charge in [-0.2, -0.15) is 0 Å². The van der Waals surface area contributed by atoms with Crippen LogP contribution in [0.2, 0.25) is 0 Å². The molecule has 1 aromatic rings. The zero-order chi connectivity index (χ0) is 10.7. The molecule has 2 rings (SSSR count). The highest BCUT2D eigenvalue weighted by Gasteiger charge is 2.18.